The van der Waals surface area contributed by atoms with Crippen molar-refractivity contribution in [3.05, 3.63) is 35.1 Å². The molecule has 1 aromatic carbocycles. The zero-order valence-electron chi connectivity index (χ0n) is 7.15. The zero-order chi connectivity index (χ0) is 10.0. The Hall–Kier alpha value is -1.03. The first-order valence-corrected chi connectivity index (χ1v) is 3.89. The fourth-order valence-electron chi connectivity index (χ4n) is 1.07. The monoisotopic (exact) mass is 189 g/mol. The molecule has 72 valence electrons. The highest BCUT2D eigenvalue weighted by Crippen LogP contribution is 2.14. The van der Waals surface area contributed by atoms with Crippen LogP contribution in [0.4, 0.5) is 13.2 Å². The van der Waals surface area contributed by atoms with Crippen LogP contribution in [0.2, 0.25) is 0 Å². The van der Waals surface area contributed by atoms with E-state index in [1.54, 1.807) is 6.92 Å². The molecule has 2 N–H and O–H groups in total. The van der Waals surface area contributed by atoms with Gasteiger partial charge in [-0.1, -0.05) is 0 Å². The second-order valence-electron chi connectivity index (χ2n) is 3.04. The standard InChI is InChI=1S/C9H10F3N/c1-5(13)2-6-3-8(11)9(12)4-7(6)10/h3-5H,2,13H2,1H3/t5-/m1/s1. The summed E-state index contributed by atoms with van der Waals surface area (Å²) in [7, 11) is 0. The van der Waals surface area contributed by atoms with Gasteiger partial charge in [-0.2, -0.15) is 0 Å². The molecule has 1 aromatic rings. The predicted molar refractivity (Wildman–Crippen MR) is 43.7 cm³/mol. The number of nitrogens with two attached hydrogens (primary N) is 1. The van der Waals surface area contributed by atoms with Crippen LogP contribution >= 0.6 is 0 Å². The summed E-state index contributed by atoms with van der Waals surface area (Å²) in [5.74, 6) is -2.97. The summed E-state index contributed by atoms with van der Waals surface area (Å²) >= 11 is 0. The van der Waals surface area contributed by atoms with Crippen molar-refractivity contribution >= 4 is 0 Å². The van der Waals surface area contributed by atoms with Crippen molar-refractivity contribution in [3.8, 4) is 0 Å². The Morgan fingerprint density at radius 2 is 1.69 bits per heavy atom. The van der Waals surface area contributed by atoms with Gasteiger partial charge in [0.05, 0.1) is 0 Å². The van der Waals surface area contributed by atoms with Gasteiger partial charge in [0, 0.05) is 12.1 Å². The van der Waals surface area contributed by atoms with Gasteiger partial charge in [-0.15, -0.1) is 0 Å². The summed E-state index contributed by atoms with van der Waals surface area (Å²) < 4.78 is 38.0. The van der Waals surface area contributed by atoms with Crippen LogP contribution in [-0.4, -0.2) is 6.04 Å². The molecule has 1 atom stereocenters. The largest absolute Gasteiger partial charge is 0.328 e. The molecule has 0 amide bonds. The maximum Gasteiger partial charge on any atom is 0.161 e. The van der Waals surface area contributed by atoms with Crippen molar-refractivity contribution in [2.45, 2.75) is 19.4 Å². The highest BCUT2D eigenvalue weighted by atomic mass is 19.2. The molecule has 0 saturated carbocycles. The van der Waals surface area contributed by atoms with E-state index in [-0.39, 0.29) is 18.0 Å². The second kappa shape index (κ2) is 3.79. The first-order valence-electron chi connectivity index (χ1n) is 3.89. The molecule has 0 bridgehead atoms. The molecule has 0 unspecified atom stereocenters. The quantitative estimate of drug-likeness (QED) is 0.707. The van der Waals surface area contributed by atoms with Gasteiger partial charge >= 0.3 is 0 Å². The topological polar surface area (TPSA) is 26.0 Å². The van der Waals surface area contributed by atoms with Crippen molar-refractivity contribution < 1.29 is 13.2 Å². The SMILES string of the molecule is C[C@@H](N)Cc1cc(F)c(F)cc1F. The summed E-state index contributed by atoms with van der Waals surface area (Å²) in [6.07, 6.45) is 0.197. The molecule has 0 aliphatic heterocycles. The van der Waals surface area contributed by atoms with Crippen molar-refractivity contribution in [1.82, 2.24) is 0 Å². The number of hydrogen-bond acceptors (Lipinski definition) is 1. The van der Waals surface area contributed by atoms with Crippen LogP contribution in [0.15, 0.2) is 12.1 Å². The van der Waals surface area contributed by atoms with Gasteiger partial charge in [0.2, 0.25) is 0 Å². The van der Waals surface area contributed by atoms with Crippen molar-refractivity contribution in [1.29, 1.82) is 0 Å². The van der Waals surface area contributed by atoms with Crippen molar-refractivity contribution in [2.75, 3.05) is 0 Å². The van der Waals surface area contributed by atoms with Crippen LogP contribution in [0.25, 0.3) is 0 Å². The molecule has 0 spiro atoms. The summed E-state index contributed by atoms with van der Waals surface area (Å²) in [6, 6.07) is 1.10. The van der Waals surface area contributed by atoms with Gasteiger partial charge in [-0.05, 0) is 25.0 Å². The van der Waals surface area contributed by atoms with Gasteiger partial charge in [-0.3, -0.25) is 0 Å². The first-order chi connectivity index (χ1) is 6.00. The molecular weight excluding hydrogens is 179 g/mol. The zero-order valence-corrected chi connectivity index (χ0v) is 7.15. The summed E-state index contributed by atoms with van der Waals surface area (Å²) in [4.78, 5) is 0. The van der Waals surface area contributed by atoms with E-state index in [0.29, 0.717) is 6.07 Å². The average Bonchev–Trinajstić information content (AvgIpc) is 1.99. The molecule has 0 aliphatic carbocycles. The Morgan fingerprint density at radius 3 is 2.23 bits per heavy atom. The van der Waals surface area contributed by atoms with E-state index in [0.717, 1.165) is 6.07 Å². The molecule has 0 aromatic heterocycles. The van der Waals surface area contributed by atoms with Gasteiger partial charge in [0.15, 0.2) is 11.6 Å². The van der Waals surface area contributed by atoms with Crippen LogP contribution in [0, 0.1) is 17.5 Å². The van der Waals surface area contributed by atoms with Crippen LogP contribution in [0.1, 0.15) is 12.5 Å². The molecule has 1 nitrogen and oxygen atoms in total. The summed E-state index contributed by atoms with van der Waals surface area (Å²) in [5, 5.41) is 0. The van der Waals surface area contributed by atoms with E-state index in [1.165, 1.54) is 0 Å². The lowest BCUT2D eigenvalue weighted by molar-refractivity contribution is 0.488. The van der Waals surface area contributed by atoms with E-state index in [9.17, 15) is 13.2 Å². The second-order valence-corrected chi connectivity index (χ2v) is 3.04. The van der Waals surface area contributed by atoms with Crippen LogP contribution in [-0.2, 0) is 6.42 Å². The number of halogens is 3. The lowest BCUT2D eigenvalue weighted by Crippen LogP contribution is -2.18. The van der Waals surface area contributed by atoms with Gasteiger partial charge in [0.1, 0.15) is 5.82 Å². The third-order valence-corrected chi connectivity index (χ3v) is 1.63. The molecule has 0 heterocycles. The van der Waals surface area contributed by atoms with Gasteiger partial charge < -0.3 is 5.73 Å². The smallest absolute Gasteiger partial charge is 0.161 e. The molecule has 1 rings (SSSR count). The van der Waals surface area contributed by atoms with Crippen LogP contribution < -0.4 is 5.73 Å². The molecule has 0 fully saturated rings. The Balaban J connectivity index is 3.01. The lowest BCUT2D eigenvalue weighted by atomic mass is 10.1. The maximum absolute atomic E-state index is 12.9. The van der Waals surface area contributed by atoms with E-state index < -0.39 is 17.5 Å². The predicted octanol–water partition coefficient (Wildman–Crippen LogP) is 1.99. The molecular formula is C9H10F3N. The summed E-state index contributed by atoms with van der Waals surface area (Å²) in [6.45, 7) is 1.67. The van der Waals surface area contributed by atoms with Crippen molar-refractivity contribution in [2.24, 2.45) is 5.73 Å². The molecule has 0 aliphatic rings. The Bertz CT molecular complexity index is 310. The summed E-state index contributed by atoms with van der Waals surface area (Å²) in [5.41, 5.74) is 5.50. The maximum atomic E-state index is 12.9. The van der Waals surface area contributed by atoms with Crippen LogP contribution in [0.5, 0.6) is 0 Å². The molecule has 13 heavy (non-hydrogen) atoms. The minimum atomic E-state index is -1.18. The minimum absolute atomic E-state index is 0.105. The fourth-order valence-corrected chi connectivity index (χ4v) is 1.07. The minimum Gasteiger partial charge on any atom is -0.328 e. The van der Waals surface area contributed by atoms with Gasteiger partial charge in [-0.25, -0.2) is 13.2 Å². The third kappa shape index (κ3) is 2.45. The molecule has 0 saturated heterocycles. The van der Waals surface area contributed by atoms with Crippen molar-refractivity contribution in [3.63, 3.8) is 0 Å². The Labute approximate surface area is 74.4 Å². The highest BCUT2D eigenvalue weighted by molar-refractivity contribution is 5.20. The van der Waals surface area contributed by atoms with E-state index in [4.69, 9.17) is 5.73 Å². The number of benzene rings is 1. The Kier molecular flexibility index (Phi) is 2.93. The van der Waals surface area contributed by atoms with Gasteiger partial charge in [0.25, 0.3) is 0 Å². The van der Waals surface area contributed by atoms with E-state index in [1.807, 2.05) is 0 Å². The fraction of sp³-hybridized carbons (Fsp3) is 0.333. The molecule has 4 heteroatoms. The normalized spacial score (nSPS) is 13.0. The average molecular weight is 189 g/mol. The first kappa shape index (κ1) is 10.1. The van der Waals surface area contributed by atoms with E-state index >= 15 is 0 Å². The number of rotatable bonds is 2. The molecule has 0 radical (unpaired) electrons. The third-order valence-electron chi connectivity index (χ3n) is 1.63. The van der Waals surface area contributed by atoms with E-state index in [2.05, 4.69) is 0 Å². The number of hydrogen-bond donors (Lipinski definition) is 1. The van der Waals surface area contributed by atoms with Crippen LogP contribution in [0.3, 0.4) is 0 Å². The highest BCUT2D eigenvalue weighted by Gasteiger charge is 2.10. The lowest BCUT2D eigenvalue weighted by Gasteiger charge is -2.06. The Morgan fingerprint density at radius 1 is 1.15 bits per heavy atom.